The molecule has 0 fully saturated rings. The van der Waals surface area contributed by atoms with Crippen LogP contribution in [0.25, 0.3) is 0 Å². The smallest absolute Gasteiger partial charge is 0.0863 e. The van der Waals surface area contributed by atoms with Gasteiger partial charge in [0.1, 0.15) is 0 Å². The molecule has 1 atom stereocenters. The van der Waals surface area contributed by atoms with E-state index in [0.717, 1.165) is 42.5 Å². The van der Waals surface area contributed by atoms with Crippen molar-refractivity contribution in [2.75, 3.05) is 27.3 Å². The average molecular weight is 353 g/mol. The third-order valence-electron chi connectivity index (χ3n) is 2.97. The molecule has 0 saturated carbocycles. The van der Waals surface area contributed by atoms with Gasteiger partial charge in [0.05, 0.1) is 27.8 Å². The van der Waals surface area contributed by atoms with E-state index in [1.807, 2.05) is 4.68 Å². The first-order valence-electron chi connectivity index (χ1n) is 6.59. The van der Waals surface area contributed by atoms with Gasteiger partial charge in [0.15, 0.2) is 0 Å². The van der Waals surface area contributed by atoms with Gasteiger partial charge in [0.2, 0.25) is 0 Å². The number of alkyl halides is 1. The first-order chi connectivity index (χ1) is 9.03. The van der Waals surface area contributed by atoms with Crippen LogP contribution in [0.5, 0.6) is 0 Å². The van der Waals surface area contributed by atoms with E-state index < -0.39 is 0 Å². The fraction of sp³-hybridized carbons (Fsp3) is 0.769. The van der Waals surface area contributed by atoms with E-state index in [1.165, 1.54) is 0 Å². The van der Waals surface area contributed by atoms with Crippen LogP contribution in [-0.4, -0.2) is 46.8 Å². The quantitative estimate of drug-likeness (QED) is 0.674. The zero-order chi connectivity index (χ0) is 14.4. The summed E-state index contributed by atoms with van der Waals surface area (Å²) in [4.78, 5) is 2.55. The van der Waals surface area contributed by atoms with Gasteiger partial charge in [-0.05, 0) is 20.4 Å². The molecule has 19 heavy (non-hydrogen) atoms. The van der Waals surface area contributed by atoms with Crippen molar-refractivity contribution in [2.24, 2.45) is 0 Å². The molecule has 1 unspecified atom stereocenters. The van der Waals surface area contributed by atoms with Crippen molar-refractivity contribution in [1.82, 2.24) is 14.7 Å². The van der Waals surface area contributed by atoms with Crippen molar-refractivity contribution in [1.29, 1.82) is 0 Å². The number of nitrogens with zero attached hydrogens (tertiary/aromatic N) is 3. The molecule has 0 aliphatic rings. The molecule has 1 rings (SSSR count). The van der Waals surface area contributed by atoms with E-state index in [1.54, 1.807) is 7.11 Å². The summed E-state index contributed by atoms with van der Waals surface area (Å²) in [5, 5.41) is 5.35. The molecule has 1 aromatic heterocycles. The topological polar surface area (TPSA) is 30.3 Å². The molecular formula is C13H23BrClN3O. The lowest BCUT2D eigenvalue weighted by Gasteiger charge is -2.20. The highest BCUT2D eigenvalue weighted by Gasteiger charge is 2.17. The Morgan fingerprint density at radius 3 is 2.68 bits per heavy atom. The second-order valence-corrected chi connectivity index (χ2v) is 6.30. The van der Waals surface area contributed by atoms with Gasteiger partial charge in [-0.15, -0.1) is 0 Å². The molecule has 6 heteroatoms. The molecular weight excluding hydrogens is 330 g/mol. The third-order valence-corrected chi connectivity index (χ3v) is 3.96. The second-order valence-electron chi connectivity index (χ2n) is 4.63. The molecule has 0 radical (unpaired) electrons. The van der Waals surface area contributed by atoms with Crippen LogP contribution < -0.4 is 0 Å². The molecule has 1 aromatic rings. The Bertz CT molecular complexity index is 397. The van der Waals surface area contributed by atoms with Gasteiger partial charge >= 0.3 is 0 Å². The fourth-order valence-electron chi connectivity index (χ4n) is 2.06. The zero-order valence-electron chi connectivity index (χ0n) is 12.1. The Labute approximate surface area is 129 Å². The number of aromatic nitrogens is 2. The maximum atomic E-state index is 6.40. The molecule has 0 bridgehead atoms. The Morgan fingerprint density at radius 2 is 2.16 bits per heavy atom. The van der Waals surface area contributed by atoms with Gasteiger partial charge in [0, 0.05) is 26.7 Å². The van der Waals surface area contributed by atoms with Crippen molar-refractivity contribution in [2.45, 2.75) is 38.2 Å². The minimum absolute atomic E-state index is 0.324. The van der Waals surface area contributed by atoms with Crippen LogP contribution in [0.15, 0.2) is 0 Å². The molecule has 0 aromatic carbocycles. The molecule has 0 aliphatic heterocycles. The summed E-state index contributed by atoms with van der Waals surface area (Å²) >= 11 is 10.0. The number of methoxy groups -OCH3 is 1. The van der Waals surface area contributed by atoms with Crippen LogP contribution in [-0.2, 0) is 24.2 Å². The molecule has 0 aliphatic carbocycles. The van der Waals surface area contributed by atoms with Crippen molar-refractivity contribution in [3.8, 4) is 0 Å². The second kappa shape index (κ2) is 8.25. The van der Waals surface area contributed by atoms with Crippen LogP contribution in [0.4, 0.5) is 0 Å². The molecule has 110 valence electrons. The minimum Gasteiger partial charge on any atom is -0.383 e. The Balaban J connectivity index is 2.72. The average Bonchev–Trinajstić information content (AvgIpc) is 2.66. The van der Waals surface area contributed by atoms with Crippen LogP contribution >= 0.6 is 27.5 Å². The number of ether oxygens (including phenoxy) is 1. The summed E-state index contributed by atoms with van der Waals surface area (Å²) < 4.78 is 7.12. The van der Waals surface area contributed by atoms with E-state index in [2.05, 4.69) is 46.8 Å². The number of hydrogen-bond acceptors (Lipinski definition) is 3. The van der Waals surface area contributed by atoms with Gasteiger partial charge in [-0.2, -0.15) is 5.10 Å². The van der Waals surface area contributed by atoms with Crippen molar-refractivity contribution < 1.29 is 4.74 Å². The number of halogens is 2. The monoisotopic (exact) mass is 351 g/mol. The van der Waals surface area contributed by atoms with E-state index >= 15 is 0 Å². The first kappa shape index (κ1) is 17.0. The van der Waals surface area contributed by atoms with Crippen LogP contribution in [0, 0.1) is 0 Å². The van der Waals surface area contributed by atoms with E-state index in [4.69, 9.17) is 16.3 Å². The molecule has 1 heterocycles. The molecule has 0 N–H and O–H groups in total. The van der Waals surface area contributed by atoms with Gasteiger partial charge in [-0.1, -0.05) is 34.5 Å². The number of aryl methyl sites for hydroxylation is 2. The standard InChI is InChI=1S/C13H23BrClN3O/c1-5-11-13(15)12(18(6-2)16-11)8-17(3)7-10(14)9-19-4/h10H,5-9H2,1-4H3. The predicted octanol–water partition coefficient (Wildman–Crippen LogP) is 2.96. The summed E-state index contributed by atoms with van der Waals surface area (Å²) in [5.74, 6) is 0. The summed E-state index contributed by atoms with van der Waals surface area (Å²) in [6.07, 6.45) is 0.868. The van der Waals surface area contributed by atoms with E-state index in [-0.39, 0.29) is 0 Å². The highest BCUT2D eigenvalue weighted by atomic mass is 79.9. The van der Waals surface area contributed by atoms with Crippen LogP contribution in [0.3, 0.4) is 0 Å². The minimum atomic E-state index is 0.324. The van der Waals surface area contributed by atoms with Crippen LogP contribution in [0.2, 0.25) is 5.02 Å². The maximum absolute atomic E-state index is 6.40. The highest BCUT2D eigenvalue weighted by Crippen LogP contribution is 2.23. The predicted molar refractivity (Wildman–Crippen MR) is 83.2 cm³/mol. The molecule has 0 amide bonds. The van der Waals surface area contributed by atoms with Gasteiger partial charge in [0.25, 0.3) is 0 Å². The van der Waals surface area contributed by atoms with E-state index in [9.17, 15) is 0 Å². The maximum Gasteiger partial charge on any atom is 0.0863 e. The zero-order valence-corrected chi connectivity index (χ0v) is 14.5. The first-order valence-corrected chi connectivity index (χ1v) is 7.88. The van der Waals surface area contributed by atoms with Gasteiger partial charge < -0.3 is 4.74 Å². The lowest BCUT2D eigenvalue weighted by atomic mass is 10.3. The number of hydrogen-bond donors (Lipinski definition) is 0. The third kappa shape index (κ3) is 4.74. The summed E-state index contributed by atoms with van der Waals surface area (Å²) in [6, 6.07) is 0. The Hall–Kier alpha value is -0.100. The fourth-order valence-corrected chi connectivity index (χ4v) is 3.15. The van der Waals surface area contributed by atoms with Crippen molar-refractivity contribution in [3.63, 3.8) is 0 Å². The lowest BCUT2D eigenvalue weighted by Crippen LogP contribution is -2.29. The SMILES string of the molecule is CCc1nn(CC)c(CN(C)CC(Br)COC)c1Cl. The van der Waals surface area contributed by atoms with Crippen LogP contribution in [0.1, 0.15) is 25.2 Å². The Morgan fingerprint density at radius 1 is 1.47 bits per heavy atom. The largest absolute Gasteiger partial charge is 0.383 e. The van der Waals surface area contributed by atoms with Gasteiger partial charge in [-0.25, -0.2) is 0 Å². The lowest BCUT2D eigenvalue weighted by molar-refractivity contribution is 0.184. The number of rotatable bonds is 8. The molecule has 4 nitrogen and oxygen atoms in total. The summed E-state index contributed by atoms with van der Waals surface area (Å²) in [5.41, 5.74) is 2.08. The highest BCUT2D eigenvalue weighted by molar-refractivity contribution is 9.09. The summed E-state index contributed by atoms with van der Waals surface area (Å²) in [6.45, 7) is 7.41. The summed E-state index contributed by atoms with van der Waals surface area (Å²) in [7, 11) is 3.80. The Kier molecular flexibility index (Phi) is 7.36. The molecule has 0 saturated heterocycles. The normalized spacial score (nSPS) is 13.2. The van der Waals surface area contributed by atoms with Crippen molar-refractivity contribution in [3.05, 3.63) is 16.4 Å². The van der Waals surface area contributed by atoms with Gasteiger partial charge in [-0.3, -0.25) is 9.58 Å². The molecule has 0 spiro atoms. The van der Waals surface area contributed by atoms with Crippen molar-refractivity contribution >= 4 is 27.5 Å². The van der Waals surface area contributed by atoms with E-state index in [0.29, 0.717) is 11.4 Å².